The number of halogens is 1. The molecule has 1 saturated carbocycles. The van der Waals surface area contributed by atoms with Crippen LogP contribution in [0, 0.1) is 17.7 Å². The highest BCUT2D eigenvalue weighted by molar-refractivity contribution is 5.16. The Balaban J connectivity index is 1.95. The molecule has 0 heterocycles. The predicted molar refractivity (Wildman–Crippen MR) is 79.8 cm³/mol. The van der Waals surface area contributed by atoms with E-state index in [4.69, 9.17) is 10.5 Å². The van der Waals surface area contributed by atoms with Gasteiger partial charge in [-0.15, -0.1) is 0 Å². The first-order chi connectivity index (χ1) is 9.56. The minimum Gasteiger partial charge on any atom is -0.369 e. The van der Waals surface area contributed by atoms with Gasteiger partial charge < -0.3 is 10.5 Å². The zero-order chi connectivity index (χ0) is 14.6. The molecule has 112 valence electrons. The Hall–Kier alpha value is -0.930. The first kappa shape index (κ1) is 15.5. The first-order valence-corrected chi connectivity index (χ1v) is 7.64. The van der Waals surface area contributed by atoms with Gasteiger partial charge in [0.2, 0.25) is 0 Å². The van der Waals surface area contributed by atoms with Gasteiger partial charge in [-0.2, -0.15) is 0 Å². The molecule has 1 aliphatic rings. The fraction of sp³-hybridized carbons (Fsp3) is 0.647. The minimum absolute atomic E-state index is 0.199. The van der Waals surface area contributed by atoms with Crippen LogP contribution in [0.15, 0.2) is 24.3 Å². The van der Waals surface area contributed by atoms with Crippen LogP contribution in [0.1, 0.15) is 45.1 Å². The van der Waals surface area contributed by atoms with E-state index >= 15 is 0 Å². The van der Waals surface area contributed by atoms with E-state index in [2.05, 4.69) is 13.8 Å². The second-order valence-corrected chi connectivity index (χ2v) is 6.35. The highest BCUT2D eigenvalue weighted by Crippen LogP contribution is 2.38. The van der Waals surface area contributed by atoms with Crippen molar-refractivity contribution in [1.82, 2.24) is 0 Å². The van der Waals surface area contributed by atoms with Gasteiger partial charge in [0.15, 0.2) is 0 Å². The molecule has 0 saturated heterocycles. The summed E-state index contributed by atoms with van der Waals surface area (Å²) in [6.45, 7) is 5.39. The molecule has 2 nitrogen and oxygen atoms in total. The summed E-state index contributed by atoms with van der Waals surface area (Å²) in [4.78, 5) is 0. The van der Waals surface area contributed by atoms with Crippen LogP contribution in [0.3, 0.4) is 0 Å². The monoisotopic (exact) mass is 279 g/mol. The van der Waals surface area contributed by atoms with Crippen LogP contribution in [0.25, 0.3) is 0 Å². The van der Waals surface area contributed by atoms with Crippen LogP contribution >= 0.6 is 0 Å². The maximum absolute atomic E-state index is 13.6. The van der Waals surface area contributed by atoms with E-state index in [-0.39, 0.29) is 11.4 Å². The van der Waals surface area contributed by atoms with Gasteiger partial charge in [-0.05, 0) is 43.6 Å². The number of ether oxygens (including phenoxy) is 1. The van der Waals surface area contributed by atoms with Crippen molar-refractivity contribution in [2.45, 2.75) is 51.7 Å². The fourth-order valence-electron chi connectivity index (χ4n) is 3.09. The summed E-state index contributed by atoms with van der Waals surface area (Å²) in [6.07, 6.45) is 4.29. The molecule has 0 amide bonds. The van der Waals surface area contributed by atoms with E-state index in [1.54, 1.807) is 12.1 Å². The molecule has 1 aliphatic carbocycles. The van der Waals surface area contributed by atoms with Crippen LogP contribution in [0.5, 0.6) is 0 Å². The standard InChI is InChI=1S/C17H26FNO/c1-13(2)14-7-9-17(12-19,10-8-14)20-11-15-5-3-4-6-16(15)18/h3-6,13-14H,7-12,19H2,1-2H3. The Morgan fingerprint density at radius 3 is 2.50 bits per heavy atom. The molecule has 1 aromatic rings. The van der Waals surface area contributed by atoms with Crippen molar-refractivity contribution in [3.8, 4) is 0 Å². The summed E-state index contributed by atoms with van der Waals surface area (Å²) < 4.78 is 19.7. The maximum Gasteiger partial charge on any atom is 0.128 e. The van der Waals surface area contributed by atoms with Crippen LogP contribution in [0.4, 0.5) is 4.39 Å². The average molecular weight is 279 g/mol. The van der Waals surface area contributed by atoms with E-state index in [9.17, 15) is 4.39 Å². The summed E-state index contributed by atoms with van der Waals surface area (Å²) in [5, 5.41) is 0. The Labute approximate surface area is 121 Å². The van der Waals surface area contributed by atoms with Gasteiger partial charge in [0.05, 0.1) is 12.2 Å². The molecule has 2 N–H and O–H groups in total. The zero-order valence-corrected chi connectivity index (χ0v) is 12.6. The molecule has 0 aromatic heterocycles. The van der Waals surface area contributed by atoms with Crippen LogP contribution < -0.4 is 5.73 Å². The third-order valence-electron chi connectivity index (χ3n) is 4.75. The summed E-state index contributed by atoms with van der Waals surface area (Å²) in [5.74, 6) is 1.29. The van der Waals surface area contributed by atoms with Gasteiger partial charge in [-0.3, -0.25) is 0 Å². The number of nitrogens with two attached hydrogens (primary N) is 1. The molecule has 0 aliphatic heterocycles. The zero-order valence-electron chi connectivity index (χ0n) is 12.6. The normalized spacial score (nSPS) is 26.9. The summed E-state index contributed by atoms with van der Waals surface area (Å²) >= 11 is 0. The number of rotatable bonds is 5. The minimum atomic E-state index is -0.256. The van der Waals surface area contributed by atoms with Crippen LogP contribution in [0.2, 0.25) is 0 Å². The van der Waals surface area contributed by atoms with Crippen molar-refractivity contribution >= 4 is 0 Å². The van der Waals surface area contributed by atoms with E-state index in [0.717, 1.165) is 37.5 Å². The second-order valence-electron chi connectivity index (χ2n) is 6.35. The van der Waals surface area contributed by atoms with Crippen molar-refractivity contribution in [3.63, 3.8) is 0 Å². The number of benzene rings is 1. The van der Waals surface area contributed by atoms with Crippen molar-refractivity contribution in [1.29, 1.82) is 0 Å². The topological polar surface area (TPSA) is 35.2 Å². The Kier molecular flexibility index (Phi) is 5.17. The third kappa shape index (κ3) is 3.58. The Morgan fingerprint density at radius 2 is 1.95 bits per heavy atom. The second kappa shape index (κ2) is 6.68. The van der Waals surface area contributed by atoms with Gasteiger partial charge in [0, 0.05) is 12.1 Å². The largest absolute Gasteiger partial charge is 0.369 e. The van der Waals surface area contributed by atoms with E-state index in [0.29, 0.717) is 18.7 Å². The highest BCUT2D eigenvalue weighted by atomic mass is 19.1. The van der Waals surface area contributed by atoms with Crippen molar-refractivity contribution < 1.29 is 9.13 Å². The summed E-state index contributed by atoms with van der Waals surface area (Å²) in [5.41, 5.74) is 6.30. The fourth-order valence-corrected chi connectivity index (χ4v) is 3.09. The van der Waals surface area contributed by atoms with Crippen LogP contribution in [-0.2, 0) is 11.3 Å². The molecule has 2 rings (SSSR count). The van der Waals surface area contributed by atoms with Gasteiger partial charge in [-0.1, -0.05) is 32.0 Å². The summed E-state index contributed by atoms with van der Waals surface area (Å²) in [6, 6.07) is 6.79. The lowest BCUT2D eigenvalue weighted by molar-refractivity contribution is -0.0847. The average Bonchev–Trinajstić information content (AvgIpc) is 2.47. The van der Waals surface area contributed by atoms with E-state index < -0.39 is 0 Å². The third-order valence-corrected chi connectivity index (χ3v) is 4.75. The van der Waals surface area contributed by atoms with Crippen molar-refractivity contribution in [2.75, 3.05) is 6.54 Å². The van der Waals surface area contributed by atoms with Gasteiger partial charge >= 0.3 is 0 Å². The first-order valence-electron chi connectivity index (χ1n) is 7.64. The van der Waals surface area contributed by atoms with Gasteiger partial charge in [0.25, 0.3) is 0 Å². The smallest absolute Gasteiger partial charge is 0.128 e. The molecule has 20 heavy (non-hydrogen) atoms. The maximum atomic E-state index is 13.6. The molecule has 3 heteroatoms. The van der Waals surface area contributed by atoms with Crippen molar-refractivity contribution in [2.24, 2.45) is 17.6 Å². The highest BCUT2D eigenvalue weighted by Gasteiger charge is 2.36. The molecule has 0 bridgehead atoms. The molecule has 0 atom stereocenters. The molecule has 1 aromatic carbocycles. The molecule has 0 spiro atoms. The number of hydrogen-bond donors (Lipinski definition) is 1. The molecular formula is C17H26FNO. The van der Waals surface area contributed by atoms with Gasteiger partial charge in [0.1, 0.15) is 5.82 Å². The van der Waals surface area contributed by atoms with Crippen molar-refractivity contribution in [3.05, 3.63) is 35.6 Å². The Morgan fingerprint density at radius 1 is 1.30 bits per heavy atom. The van der Waals surface area contributed by atoms with Gasteiger partial charge in [-0.25, -0.2) is 4.39 Å². The molecular weight excluding hydrogens is 253 g/mol. The Bertz CT molecular complexity index is 425. The van der Waals surface area contributed by atoms with E-state index in [1.807, 2.05) is 6.07 Å². The predicted octanol–water partition coefficient (Wildman–Crippen LogP) is 3.89. The molecule has 0 radical (unpaired) electrons. The number of hydrogen-bond acceptors (Lipinski definition) is 2. The molecule has 0 unspecified atom stereocenters. The summed E-state index contributed by atoms with van der Waals surface area (Å²) in [7, 11) is 0. The lowest BCUT2D eigenvalue weighted by Gasteiger charge is -2.40. The van der Waals surface area contributed by atoms with E-state index in [1.165, 1.54) is 6.07 Å². The quantitative estimate of drug-likeness (QED) is 0.887. The molecule has 1 fully saturated rings. The lowest BCUT2D eigenvalue weighted by Crippen LogP contribution is -2.44. The van der Waals surface area contributed by atoms with Crippen LogP contribution in [-0.4, -0.2) is 12.1 Å². The SMILES string of the molecule is CC(C)C1CCC(CN)(OCc2ccccc2F)CC1. The lowest BCUT2D eigenvalue weighted by atomic mass is 9.74.